The summed E-state index contributed by atoms with van der Waals surface area (Å²) in [7, 11) is 0. The van der Waals surface area contributed by atoms with Gasteiger partial charge < -0.3 is 20.4 Å². The molecule has 0 spiro atoms. The van der Waals surface area contributed by atoms with Crippen LogP contribution in [0.15, 0.2) is 30.6 Å². The Bertz CT molecular complexity index is 668. The van der Waals surface area contributed by atoms with E-state index < -0.39 is 6.04 Å². The lowest BCUT2D eigenvalue weighted by Crippen LogP contribution is -2.41. The van der Waals surface area contributed by atoms with Crippen LogP contribution in [-0.4, -0.2) is 29.0 Å². The van der Waals surface area contributed by atoms with Crippen LogP contribution in [0.2, 0.25) is 0 Å². The van der Waals surface area contributed by atoms with E-state index in [4.69, 9.17) is 4.74 Å². The van der Waals surface area contributed by atoms with Crippen molar-refractivity contribution in [2.45, 2.75) is 32.4 Å². The minimum atomic E-state index is -0.395. The first kappa shape index (κ1) is 15.6. The molecule has 1 aromatic carbocycles. The summed E-state index contributed by atoms with van der Waals surface area (Å²) in [6, 6.07) is 7.40. The van der Waals surface area contributed by atoms with Gasteiger partial charge in [-0.3, -0.25) is 4.79 Å². The molecule has 0 saturated carbocycles. The normalized spacial score (nSPS) is 16.7. The Hall–Kier alpha value is -2.34. The van der Waals surface area contributed by atoms with Crippen LogP contribution in [0, 0.1) is 0 Å². The van der Waals surface area contributed by atoms with Crippen molar-refractivity contribution in [3.05, 3.63) is 47.5 Å². The van der Waals surface area contributed by atoms with Gasteiger partial charge in [-0.2, -0.15) is 0 Å². The molecule has 0 bridgehead atoms. The minimum Gasteiger partial charge on any atom is -0.493 e. The van der Waals surface area contributed by atoms with Crippen LogP contribution >= 0.6 is 0 Å². The molecule has 6 heteroatoms. The molecule has 2 heterocycles. The third-order valence-electron chi connectivity index (χ3n) is 3.90. The van der Waals surface area contributed by atoms with Gasteiger partial charge in [0.15, 0.2) is 0 Å². The summed E-state index contributed by atoms with van der Waals surface area (Å²) < 4.78 is 5.72. The maximum atomic E-state index is 12.5. The second-order valence-electron chi connectivity index (χ2n) is 5.58. The van der Waals surface area contributed by atoms with Gasteiger partial charge in [0.25, 0.3) is 0 Å². The molecule has 0 fully saturated rings. The molecule has 1 aromatic heterocycles. The van der Waals surface area contributed by atoms with Crippen molar-refractivity contribution in [3.8, 4) is 5.75 Å². The number of aromatic amines is 1. The zero-order valence-corrected chi connectivity index (χ0v) is 13.3. The predicted molar refractivity (Wildman–Crippen MR) is 87.1 cm³/mol. The van der Waals surface area contributed by atoms with Crippen molar-refractivity contribution in [1.82, 2.24) is 20.6 Å². The number of H-pyrrole nitrogens is 1. The number of carbonyl (C=O) groups is 1. The number of hydrogen-bond donors (Lipinski definition) is 3. The van der Waals surface area contributed by atoms with Gasteiger partial charge in [0, 0.05) is 30.8 Å². The molecular formula is C17H22N4O2. The fraction of sp³-hybridized carbons (Fsp3) is 0.412. The van der Waals surface area contributed by atoms with Gasteiger partial charge >= 0.3 is 0 Å². The van der Waals surface area contributed by atoms with Crippen LogP contribution in [0.4, 0.5) is 0 Å². The number of amides is 1. The second kappa shape index (κ2) is 7.28. The summed E-state index contributed by atoms with van der Waals surface area (Å²) in [6.45, 7) is 3.95. The number of hydrogen-bond acceptors (Lipinski definition) is 4. The number of imidazole rings is 1. The highest BCUT2D eigenvalue weighted by Gasteiger charge is 2.28. The fourth-order valence-electron chi connectivity index (χ4n) is 2.72. The summed E-state index contributed by atoms with van der Waals surface area (Å²) in [5, 5.41) is 6.20. The summed E-state index contributed by atoms with van der Waals surface area (Å²) in [4.78, 5) is 19.9. The molecular weight excluding hydrogens is 292 g/mol. The third-order valence-corrected chi connectivity index (χ3v) is 3.90. The number of nitrogens with one attached hydrogen (secondary N) is 3. The highest BCUT2D eigenvalue weighted by molar-refractivity contribution is 5.83. The SMILES string of the molecule is CCCOc1ccccc1CNC(=O)[C@@H]1NCCc2[nH]cnc21. The molecule has 2 aromatic rings. The largest absolute Gasteiger partial charge is 0.493 e. The Morgan fingerprint density at radius 2 is 2.30 bits per heavy atom. The van der Waals surface area contributed by atoms with E-state index in [9.17, 15) is 4.79 Å². The van der Waals surface area contributed by atoms with E-state index >= 15 is 0 Å². The van der Waals surface area contributed by atoms with Crippen LogP contribution in [0.3, 0.4) is 0 Å². The number of para-hydroxylation sites is 1. The van der Waals surface area contributed by atoms with Gasteiger partial charge in [-0.1, -0.05) is 25.1 Å². The van der Waals surface area contributed by atoms with Gasteiger partial charge in [0.2, 0.25) is 5.91 Å². The van der Waals surface area contributed by atoms with Gasteiger partial charge in [0.05, 0.1) is 18.6 Å². The lowest BCUT2D eigenvalue weighted by Gasteiger charge is -2.22. The molecule has 3 N–H and O–H groups in total. The highest BCUT2D eigenvalue weighted by atomic mass is 16.5. The van der Waals surface area contributed by atoms with Crippen LogP contribution in [-0.2, 0) is 17.8 Å². The number of rotatable bonds is 6. The molecule has 23 heavy (non-hydrogen) atoms. The zero-order valence-electron chi connectivity index (χ0n) is 13.3. The van der Waals surface area contributed by atoms with E-state index in [0.717, 1.165) is 42.1 Å². The smallest absolute Gasteiger partial charge is 0.243 e. The first-order chi connectivity index (χ1) is 11.3. The van der Waals surface area contributed by atoms with E-state index in [1.807, 2.05) is 24.3 Å². The summed E-state index contributed by atoms with van der Waals surface area (Å²) in [6.07, 6.45) is 3.47. The quantitative estimate of drug-likeness (QED) is 0.758. The maximum absolute atomic E-state index is 12.5. The zero-order chi connectivity index (χ0) is 16.1. The molecule has 0 saturated heterocycles. The topological polar surface area (TPSA) is 79.0 Å². The van der Waals surface area contributed by atoms with E-state index in [0.29, 0.717) is 13.2 Å². The Labute approximate surface area is 135 Å². The summed E-state index contributed by atoms with van der Waals surface area (Å²) in [5.74, 6) is 0.759. The van der Waals surface area contributed by atoms with E-state index in [2.05, 4.69) is 27.5 Å². The van der Waals surface area contributed by atoms with Crippen molar-refractivity contribution in [3.63, 3.8) is 0 Å². The van der Waals surface area contributed by atoms with Crippen LogP contribution < -0.4 is 15.4 Å². The Morgan fingerprint density at radius 1 is 1.43 bits per heavy atom. The third kappa shape index (κ3) is 3.53. The van der Waals surface area contributed by atoms with Crippen LogP contribution in [0.25, 0.3) is 0 Å². The van der Waals surface area contributed by atoms with Gasteiger partial charge in [-0.15, -0.1) is 0 Å². The standard InChI is InChI=1S/C17H22N4O2/c1-2-9-23-14-6-4-3-5-12(14)10-19-17(22)16-15-13(7-8-18-16)20-11-21-15/h3-6,11,16,18H,2,7-10H2,1H3,(H,19,22)(H,20,21)/t16-/m1/s1. The van der Waals surface area contributed by atoms with Crippen molar-refractivity contribution in [1.29, 1.82) is 0 Å². The Kier molecular flexibility index (Phi) is 4.92. The van der Waals surface area contributed by atoms with Crippen molar-refractivity contribution in [2.75, 3.05) is 13.2 Å². The molecule has 0 unspecified atom stereocenters. The van der Waals surface area contributed by atoms with Crippen LogP contribution in [0.1, 0.15) is 36.3 Å². The maximum Gasteiger partial charge on any atom is 0.243 e. The van der Waals surface area contributed by atoms with Gasteiger partial charge in [0.1, 0.15) is 11.8 Å². The lowest BCUT2D eigenvalue weighted by atomic mass is 10.0. The summed E-state index contributed by atoms with van der Waals surface area (Å²) >= 11 is 0. The molecule has 122 valence electrons. The van der Waals surface area contributed by atoms with Crippen LogP contribution in [0.5, 0.6) is 5.75 Å². The number of ether oxygens (including phenoxy) is 1. The van der Waals surface area contributed by atoms with Gasteiger partial charge in [-0.25, -0.2) is 4.98 Å². The number of aromatic nitrogens is 2. The molecule has 1 aliphatic heterocycles. The Balaban J connectivity index is 1.64. The first-order valence-corrected chi connectivity index (χ1v) is 8.03. The number of carbonyl (C=O) groups excluding carboxylic acids is 1. The fourth-order valence-corrected chi connectivity index (χ4v) is 2.72. The van der Waals surface area contributed by atoms with E-state index in [1.165, 1.54) is 0 Å². The summed E-state index contributed by atoms with van der Waals surface area (Å²) in [5.41, 5.74) is 2.81. The highest BCUT2D eigenvalue weighted by Crippen LogP contribution is 2.21. The number of fused-ring (bicyclic) bond motifs is 1. The number of benzene rings is 1. The second-order valence-corrected chi connectivity index (χ2v) is 5.58. The monoisotopic (exact) mass is 314 g/mol. The van der Waals surface area contributed by atoms with Gasteiger partial charge in [-0.05, 0) is 12.5 Å². The first-order valence-electron chi connectivity index (χ1n) is 8.03. The minimum absolute atomic E-state index is 0.0663. The average molecular weight is 314 g/mol. The predicted octanol–water partition coefficient (Wildman–Crippen LogP) is 1.70. The average Bonchev–Trinajstić information content (AvgIpc) is 3.07. The van der Waals surface area contributed by atoms with Crippen molar-refractivity contribution >= 4 is 5.91 Å². The van der Waals surface area contributed by atoms with Crippen molar-refractivity contribution in [2.24, 2.45) is 0 Å². The molecule has 1 atom stereocenters. The van der Waals surface area contributed by atoms with E-state index in [-0.39, 0.29) is 5.91 Å². The van der Waals surface area contributed by atoms with E-state index in [1.54, 1.807) is 6.33 Å². The van der Waals surface area contributed by atoms with Crippen molar-refractivity contribution < 1.29 is 9.53 Å². The molecule has 1 amide bonds. The number of nitrogens with zero attached hydrogens (tertiary/aromatic N) is 1. The molecule has 3 rings (SSSR count). The lowest BCUT2D eigenvalue weighted by molar-refractivity contribution is -0.123. The molecule has 6 nitrogen and oxygen atoms in total. The molecule has 0 aliphatic carbocycles. The molecule has 1 aliphatic rings. The molecule has 0 radical (unpaired) electrons. The Morgan fingerprint density at radius 3 is 3.17 bits per heavy atom.